The number of nitrogens with one attached hydrogen (secondary N) is 1. The first-order valence-corrected chi connectivity index (χ1v) is 6.40. The number of hydrogen-bond acceptors (Lipinski definition) is 3. The molecule has 1 atom stereocenters. The number of nitrogen functional groups attached to an aromatic ring is 1. The molecule has 4 nitrogen and oxygen atoms in total. The molecule has 2 rings (SSSR count). The molecule has 92 valence electrons. The van der Waals surface area contributed by atoms with Crippen LogP contribution in [0.1, 0.15) is 23.2 Å². The van der Waals surface area contributed by atoms with Crippen LogP contribution in [0, 0.1) is 0 Å². The second kappa shape index (κ2) is 5.51. The Hall–Kier alpha value is -1.07. The normalized spacial score (nSPS) is 19.9. The molecule has 0 saturated carbocycles. The lowest BCUT2D eigenvalue weighted by molar-refractivity contribution is 0.0624. The molecule has 1 aliphatic rings. The third-order valence-corrected chi connectivity index (χ3v) is 3.25. The van der Waals surface area contributed by atoms with Crippen molar-refractivity contribution in [2.45, 2.75) is 18.9 Å². The monoisotopic (exact) mass is 298 g/mol. The highest BCUT2D eigenvalue weighted by Gasteiger charge is 2.18. The summed E-state index contributed by atoms with van der Waals surface area (Å²) in [6.45, 7) is 1.37. The minimum absolute atomic E-state index is 0.0966. The number of nitrogens with two attached hydrogens (primary N) is 1. The van der Waals surface area contributed by atoms with Gasteiger partial charge >= 0.3 is 0 Å². The van der Waals surface area contributed by atoms with Gasteiger partial charge in [0.15, 0.2) is 0 Å². The zero-order chi connectivity index (χ0) is 12.3. The van der Waals surface area contributed by atoms with Crippen LogP contribution >= 0.6 is 15.9 Å². The molecule has 3 N–H and O–H groups in total. The Kier molecular flexibility index (Phi) is 4.02. The quantitative estimate of drug-likeness (QED) is 0.820. The lowest BCUT2D eigenvalue weighted by Crippen LogP contribution is -2.40. The maximum atomic E-state index is 12.0. The van der Waals surface area contributed by atoms with E-state index in [1.54, 1.807) is 12.1 Å². The van der Waals surface area contributed by atoms with Crippen molar-refractivity contribution in [3.05, 3.63) is 28.2 Å². The fourth-order valence-electron chi connectivity index (χ4n) is 1.86. The molecule has 0 bridgehead atoms. The fourth-order valence-corrected chi connectivity index (χ4v) is 2.24. The molecule has 0 aromatic heterocycles. The van der Waals surface area contributed by atoms with E-state index >= 15 is 0 Å². The van der Waals surface area contributed by atoms with Crippen molar-refractivity contribution in [3.8, 4) is 0 Å². The van der Waals surface area contributed by atoms with Gasteiger partial charge in [-0.05, 0) is 31.0 Å². The van der Waals surface area contributed by atoms with Crippen molar-refractivity contribution < 1.29 is 9.53 Å². The third-order valence-electron chi connectivity index (χ3n) is 2.75. The largest absolute Gasteiger partial charge is 0.398 e. The number of carbonyl (C=O) groups is 1. The predicted molar refractivity (Wildman–Crippen MR) is 69.9 cm³/mol. The molecule has 1 aromatic rings. The highest BCUT2D eigenvalue weighted by molar-refractivity contribution is 9.10. The first kappa shape index (κ1) is 12.4. The van der Waals surface area contributed by atoms with Crippen LogP contribution in [0.3, 0.4) is 0 Å². The number of ether oxygens (including phenoxy) is 1. The van der Waals surface area contributed by atoms with E-state index in [1.807, 2.05) is 6.07 Å². The Morgan fingerprint density at radius 1 is 1.53 bits per heavy atom. The summed E-state index contributed by atoms with van der Waals surface area (Å²) in [4.78, 5) is 12.0. The van der Waals surface area contributed by atoms with E-state index < -0.39 is 0 Å². The van der Waals surface area contributed by atoms with Gasteiger partial charge in [-0.15, -0.1) is 0 Å². The summed E-state index contributed by atoms with van der Waals surface area (Å²) in [6.07, 6.45) is 1.95. The summed E-state index contributed by atoms with van der Waals surface area (Å²) in [6, 6.07) is 5.35. The van der Waals surface area contributed by atoms with E-state index in [2.05, 4.69) is 21.2 Å². The number of benzene rings is 1. The minimum Gasteiger partial charge on any atom is -0.398 e. The molecule has 1 heterocycles. The van der Waals surface area contributed by atoms with Crippen LogP contribution in [-0.4, -0.2) is 25.2 Å². The van der Waals surface area contributed by atoms with Crippen LogP contribution in [0.2, 0.25) is 0 Å². The zero-order valence-corrected chi connectivity index (χ0v) is 11.0. The molecule has 1 saturated heterocycles. The SMILES string of the molecule is Nc1cc(Br)ccc1C(=O)NC1CCCOC1. The van der Waals surface area contributed by atoms with Gasteiger partial charge in [-0.3, -0.25) is 4.79 Å². The molecule has 1 fully saturated rings. The summed E-state index contributed by atoms with van der Waals surface area (Å²) in [5.74, 6) is -0.134. The topological polar surface area (TPSA) is 64.4 Å². The van der Waals surface area contributed by atoms with Gasteiger partial charge in [-0.1, -0.05) is 15.9 Å². The number of anilines is 1. The summed E-state index contributed by atoms with van der Waals surface area (Å²) < 4.78 is 6.18. The molecule has 1 aromatic carbocycles. The Balaban J connectivity index is 2.03. The standard InChI is InChI=1S/C12H15BrN2O2/c13-8-3-4-10(11(14)6-8)12(16)15-9-2-1-5-17-7-9/h3-4,6,9H,1-2,5,7,14H2,(H,15,16). The number of halogens is 1. The Morgan fingerprint density at radius 2 is 2.35 bits per heavy atom. The van der Waals surface area contributed by atoms with Gasteiger partial charge in [0.25, 0.3) is 5.91 Å². The van der Waals surface area contributed by atoms with Crippen molar-refractivity contribution in [3.63, 3.8) is 0 Å². The summed E-state index contributed by atoms with van der Waals surface area (Å²) in [7, 11) is 0. The van der Waals surface area contributed by atoms with Crippen molar-refractivity contribution in [1.29, 1.82) is 0 Å². The Morgan fingerprint density at radius 3 is 3.00 bits per heavy atom. The summed E-state index contributed by atoms with van der Waals surface area (Å²) in [5.41, 5.74) is 6.80. The molecule has 0 aliphatic carbocycles. The van der Waals surface area contributed by atoms with Crippen molar-refractivity contribution in [2.24, 2.45) is 0 Å². The van der Waals surface area contributed by atoms with Gasteiger partial charge < -0.3 is 15.8 Å². The van der Waals surface area contributed by atoms with Crippen molar-refractivity contribution in [2.75, 3.05) is 18.9 Å². The second-order valence-corrected chi connectivity index (χ2v) is 5.03. The average Bonchev–Trinajstić information content (AvgIpc) is 2.30. The number of hydrogen-bond donors (Lipinski definition) is 2. The molecular weight excluding hydrogens is 284 g/mol. The molecule has 1 unspecified atom stereocenters. The lowest BCUT2D eigenvalue weighted by Gasteiger charge is -2.23. The third kappa shape index (κ3) is 3.20. The van der Waals surface area contributed by atoms with Crippen LogP contribution in [0.5, 0.6) is 0 Å². The predicted octanol–water partition coefficient (Wildman–Crippen LogP) is 1.94. The Labute approximate surface area is 109 Å². The highest BCUT2D eigenvalue weighted by Crippen LogP contribution is 2.19. The smallest absolute Gasteiger partial charge is 0.253 e. The van der Waals surface area contributed by atoms with E-state index in [9.17, 15) is 4.79 Å². The molecule has 0 radical (unpaired) electrons. The first-order valence-electron chi connectivity index (χ1n) is 5.60. The fraction of sp³-hybridized carbons (Fsp3) is 0.417. The molecule has 1 aliphatic heterocycles. The maximum Gasteiger partial charge on any atom is 0.253 e. The van der Waals surface area contributed by atoms with Gasteiger partial charge in [0.1, 0.15) is 0 Å². The second-order valence-electron chi connectivity index (χ2n) is 4.12. The molecule has 5 heteroatoms. The molecule has 0 spiro atoms. The van der Waals surface area contributed by atoms with E-state index in [0.29, 0.717) is 17.9 Å². The first-order chi connectivity index (χ1) is 8.16. The average molecular weight is 299 g/mol. The lowest BCUT2D eigenvalue weighted by atomic mass is 10.1. The van der Waals surface area contributed by atoms with Crippen LogP contribution < -0.4 is 11.1 Å². The van der Waals surface area contributed by atoms with Gasteiger partial charge in [-0.2, -0.15) is 0 Å². The zero-order valence-electron chi connectivity index (χ0n) is 9.41. The maximum absolute atomic E-state index is 12.0. The number of rotatable bonds is 2. The van der Waals surface area contributed by atoms with Crippen LogP contribution in [0.15, 0.2) is 22.7 Å². The number of amides is 1. The molecule has 1 amide bonds. The van der Waals surface area contributed by atoms with Crippen LogP contribution in [-0.2, 0) is 4.74 Å². The molecular formula is C12H15BrN2O2. The number of carbonyl (C=O) groups excluding carboxylic acids is 1. The van der Waals surface area contributed by atoms with Gasteiger partial charge in [-0.25, -0.2) is 0 Å². The summed E-state index contributed by atoms with van der Waals surface area (Å²) in [5, 5.41) is 2.94. The van der Waals surface area contributed by atoms with Crippen molar-refractivity contribution >= 4 is 27.5 Å². The van der Waals surface area contributed by atoms with Gasteiger partial charge in [0, 0.05) is 16.8 Å². The van der Waals surface area contributed by atoms with Crippen LogP contribution in [0.25, 0.3) is 0 Å². The van der Waals surface area contributed by atoms with E-state index in [4.69, 9.17) is 10.5 Å². The molecule has 17 heavy (non-hydrogen) atoms. The Bertz CT molecular complexity index is 417. The minimum atomic E-state index is -0.134. The van der Waals surface area contributed by atoms with Gasteiger partial charge in [0.05, 0.1) is 18.2 Å². The van der Waals surface area contributed by atoms with Gasteiger partial charge in [0.2, 0.25) is 0 Å². The van der Waals surface area contributed by atoms with E-state index in [-0.39, 0.29) is 11.9 Å². The highest BCUT2D eigenvalue weighted by atomic mass is 79.9. The summed E-state index contributed by atoms with van der Waals surface area (Å²) >= 11 is 3.31. The van der Waals surface area contributed by atoms with Crippen molar-refractivity contribution in [1.82, 2.24) is 5.32 Å². The van der Waals surface area contributed by atoms with Crippen LogP contribution in [0.4, 0.5) is 5.69 Å². The van der Waals surface area contributed by atoms with E-state index in [1.165, 1.54) is 0 Å². The van der Waals surface area contributed by atoms with E-state index in [0.717, 1.165) is 23.9 Å².